The Labute approximate surface area is 289 Å². The Morgan fingerprint density at radius 3 is 1.47 bits per heavy atom. The van der Waals surface area contributed by atoms with Gasteiger partial charge in [-0.1, -0.05) is 78.9 Å². The lowest BCUT2D eigenvalue weighted by Gasteiger charge is -2.57. The summed E-state index contributed by atoms with van der Waals surface area (Å²) in [5.74, 6) is 4.55. The molecule has 3 nitrogen and oxygen atoms in total. The highest BCUT2D eigenvalue weighted by Gasteiger charge is 2.51. The Kier molecular flexibility index (Phi) is 6.69. The molecule has 11 rings (SSSR count). The molecule has 1 aliphatic heterocycles. The minimum absolute atomic E-state index is 0.391. The van der Waals surface area contributed by atoms with Gasteiger partial charge in [-0.15, -0.1) is 0 Å². The highest BCUT2D eigenvalue weighted by molar-refractivity contribution is 5.87. The van der Waals surface area contributed by atoms with Gasteiger partial charge < -0.3 is 14.5 Å². The predicted octanol–water partition coefficient (Wildman–Crippen LogP) is 12.9. The van der Waals surface area contributed by atoms with Crippen molar-refractivity contribution in [2.24, 2.45) is 17.8 Å². The van der Waals surface area contributed by atoms with Gasteiger partial charge in [0.2, 0.25) is 0 Å². The fraction of sp³-hybridized carbons (Fsp3) is 0.217. The second-order valence-electron chi connectivity index (χ2n) is 14.9. The van der Waals surface area contributed by atoms with Crippen LogP contribution in [0.3, 0.4) is 0 Å². The number of anilines is 6. The van der Waals surface area contributed by atoms with E-state index in [1.807, 2.05) is 24.3 Å². The van der Waals surface area contributed by atoms with Crippen molar-refractivity contribution in [3.63, 3.8) is 0 Å². The van der Waals surface area contributed by atoms with E-state index in [2.05, 4.69) is 137 Å². The van der Waals surface area contributed by atoms with Gasteiger partial charge in [0.15, 0.2) is 11.5 Å². The van der Waals surface area contributed by atoms with Crippen molar-refractivity contribution in [3.05, 3.63) is 157 Å². The molecule has 0 radical (unpaired) electrons. The minimum Gasteiger partial charge on any atom is -0.453 e. The number of fused-ring (bicyclic) bond motifs is 2. The van der Waals surface area contributed by atoms with Crippen molar-refractivity contribution < 1.29 is 4.74 Å². The third-order valence-corrected chi connectivity index (χ3v) is 11.8. The first-order chi connectivity index (χ1) is 24.2. The molecule has 6 aromatic rings. The van der Waals surface area contributed by atoms with Gasteiger partial charge in [-0.25, -0.2) is 0 Å². The Hall–Kier alpha value is -5.28. The maximum absolute atomic E-state index is 6.28. The first kappa shape index (κ1) is 28.7. The quantitative estimate of drug-likeness (QED) is 0.181. The lowest BCUT2D eigenvalue weighted by Crippen LogP contribution is -2.48. The van der Waals surface area contributed by atoms with E-state index < -0.39 is 0 Å². The second-order valence-corrected chi connectivity index (χ2v) is 14.9. The maximum Gasteiger partial charge on any atom is 0.151 e. The van der Waals surface area contributed by atoms with Gasteiger partial charge in [0.25, 0.3) is 0 Å². The van der Waals surface area contributed by atoms with Crippen molar-refractivity contribution >= 4 is 34.1 Å². The van der Waals surface area contributed by atoms with Crippen LogP contribution < -0.4 is 14.5 Å². The molecule has 0 unspecified atom stereocenters. The molecule has 4 bridgehead atoms. The van der Waals surface area contributed by atoms with Crippen LogP contribution in [-0.4, -0.2) is 0 Å². The largest absolute Gasteiger partial charge is 0.453 e. The van der Waals surface area contributed by atoms with E-state index in [1.54, 1.807) is 5.56 Å². The average Bonchev–Trinajstić information content (AvgIpc) is 3.15. The Morgan fingerprint density at radius 2 is 0.918 bits per heavy atom. The zero-order valence-electron chi connectivity index (χ0n) is 27.7. The maximum atomic E-state index is 6.28. The lowest BCUT2D eigenvalue weighted by molar-refractivity contribution is -0.00518. The fourth-order valence-electron chi connectivity index (χ4n) is 10.0. The van der Waals surface area contributed by atoms with E-state index >= 15 is 0 Å². The second kappa shape index (κ2) is 11.4. The summed E-state index contributed by atoms with van der Waals surface area (Å²) in [6, 6.07) is 54.9. The summed E-state index contributed by atoms with van der Waals surface area (Å²) in [5, 5.41) is 0. The van der Waals surface area contributed by atoms with Crippen LogP contribution in [0.2, 0.25) is 0 Å². The third-order valence-electron chi connectivity index (χ3n) is 11.8. The van der Waals surface area contributed by atoms with Crippen molar-refractivity contribution in [2.45, 2.75) is 43.9 Å². The van der Waals surface area contributed by atoms with Crippen LogP contribution in [0.25, 0.3) is 11.1 Å². The van der Waals surface area contributed by atoms with E-state index in [-0.39, 0.29) is 0 Å². The molecule has 0 spiro atoms. The summed E-state index contributed by atoms with van der Waals surface area (Å²) in [4.78, 5) is 4.71. The first-order valence-electron chi connectivity index (χ1n) is 18.0. The van der Waals surface area contributed by atoms with Gasteiger partial charge in [-0.2, -0.15) is 0 Å². The van der Waals surface area contributed by atoms with E-state index in [4.69, 9.17) is 4.74 Å². The predicted molar refractivity (Wildman–Crippen MR) is 201 cm³/mol. The van der Waals surface area contributed by atoms with Crippen molar-refractivity contribution in [2.75, 3.05) is 9.80 Å². The number of benzene rings is 6. The van der Waals surface area contributed by atoms with E-state index in [0.29, 0.717) is 5.41 Å². The van der Waals surface area contributed by atoms with Crippen LogP contribution in [0.5, 0.6) is 11.5 Å². The molecular weight excluding hydrogens is 597 g/mol. The summed E-state index contributed by atoms with van der Waals surface area (Å²) in [6.07, 6.45) is 8.58. The molecule has 6 aromatic carbocycles. The van der Waals surface area contributed by atoms with E-state index in [1.165, 1.54) is 55.3 Å². The van der Waals surface area contributed by atoms with Gasteiger partial charge in [-0.3, -0.25) is 0 Å². The van der Waals surface area contributed by atoms with Gasteiger partial charge in [-0.05, 0) is 151 Å². The van der Waals surface area contributed by atoms with Crippen molar-refractivity contribution in [1.82, 2.24) is 0 Å². The topological polar surface area (TPSA) is 15.7 Å². The Balaban J connectivity index is 1.03. The molecule has 5 aliphatic rings. The lowest BCUT2D eigenvalue weighted by atomic mass is 9.48. The number of ether oxygens (including phenoxy) is 1. The van der Waals surface area contributed by atoms with Crippen molar-refractivity contribution in [3.8, 4) is 22.6 Å². The Bertz CT molecular complexity index is 2040. The zero-order valence-corrected chi connectivity index (χ0v) is 27.7. The van der Waals surface area contributed by atoms with Crippen molar-refractivity contribution in [1.29, 1.82) is 0 Å². The summed E-state index contributed by atoms with van der Waals surface area (Å²) in [5.41, 5.74) is 11.1. The normalized spacial score (nSPS) is 23.0. The highest BCUT2D eigenvalue weighted by Crippen LogP contribution is 2.61. The summed E-state index contributed by atoms with van der Waals surface area (Å²) in [7, 11) is 0. The minimum atomic E-state index is 0.391. The number of nitrogens with zero attached hydrogens (tertiary/aromatic N) is 2. The number of hydrogen-bond donors (Lipinski definition) is 0. The summed E-state index contributed by atoms with van der Waals surface area (Å²) >= 11 is 0. The SMILES string of the molecule is c1ccc(-c2ccc(N(c3ccc(N4c5ccccc5Oc5ccccc54)cc3)c3ccc(C45CC6CC(CC(C6)C4)C5)cc3)cc2)cc1. The van der Waals surface area contributed by atoms with Crippen LogP contribution in [-0.2, 0) is 5.41 Å². The molecule has 49 heavy (non-hydrogen) atoms. The zero-order chi connectivity index (χ0) is 32.4. The van der Waals surface area contributed by atoms with Gasteiger partial charge in [0.05, 0.1) is 11.4 Å². The highest BCUT2D eigenvalue weighted by atomic mass is 16.5. The fourth-order valence-corrected chi connectivity index (χ4v) is 10.0. The smallest absolute Gasteiger partial charge is 0.151 e. The molecule has 0 N–H and O–H groups in total. The summed E-state index contributed by atoms with van der Waals surface area (Å²) < 4.78 is 6.28. The monoisotopic (exact) mass is 636 g/mol. The standard InChI is InChI=1S/C46H40N2O/c1-2-8-35(9-3-1)36-14-18-38(19-15-36)47(39-20-16-37(17-21-39)46-29-32-26-33(30-46)28-34(27-32)31-46)40-22-24-41(25-23-40)48-42-10-4-6-12-44(42)49-45-13-7-5-11-43(45)48/h1-25,32-34H,26-31H2. The van der Waals surface area contributed by atoms with E-state index in [0.717, 1.165) is 57.7 Å². The van der Waals surface area contributed by atoms with Crippen LogP contribution >= 0.6 is 0 Å². The number of rotatable bonds is 6. The molecule has 0 saturated heterocycles. The average molecular weight is 637 g/mol. The van der Waals surface area contributed by atoms with E-state index in [9.17, 15) is 0 Å². The molecule has 0 amide bonds. The van der Waals surface area contributed by atoms with Gasteiger partial charge in [0.1, 0.15) is 0 Å². The number of hydrogen-bond acceptors (Lipinski definition) is 3. The third kappa shape index (κ3) is 4.94. The Morgan fingerprint density at radius 1 is 0.469 bits per heavy atom. The van der Waals surface area contributed by atoms with Crippen LogP contribution in [0.4, 0.5) is 34.1 Å². The first-order valence-corrected chi connectivity index (χ1v) is 18.0. The molecule has 0 aromatic heterocycles. The molecule has 1 heterocycles. The van der Waals surface area contributed by atoms with Crippen LogP contribution in [0, 0.1) is 17.8 Å². The van der Waals surface area contributed by atoms with Crippen LogP contribution in [0.15, 0.2) is 152 Å². The van der Waals surface area contributed by atoms with Gasteiger partial charge in [0, 0.05) is 22.7 Å². The van der Waals surface area contributed by atoms with Crippen LogP contribution in [0.1, 0.15) is 44.1 Å². The molecule has 4 fully saturated rings. The molecule has 3 heteroatoms. The molecule has 240 valence electrons. The number of para-hydroxylation sites is 4. The van der Waals surface area contributed by atoms with Gasteiger partial charge >= 0.3 is 0 Å². The molecule has 0 atom stereocenters. The molecular formula is C46H40N2O. The molecule has 4 aliphatic carbocycles. The molecule has 4 saturated carbocycles. The summed E-state index contributed by atoms with van der Waals surface area (Å²) in [6.45, 7) is 0.